The van der Waals surface area contributed by atoms with Gasteiger partial charge in [-0.05, 0) is 77.8 Å². The van der Waals surface area contributed by atoms with E-state index >= 15 is 0 Å². The lowest BCUT2D eigenvalue weighted by molar-refractivity contribution is -0.137. The van der Waals surface area contributed by atoms with Crippen molar-refractivity contribution in [3.8, 4) is 0 Å². The number of anilines is 1. The fraction of sp³-hybridized carbons (Fsp3) is 0.704. The Morgan fingerprint density at radius 1 is 1.10 bits per heavy atom. The smallest absolute Gasteiger partial charge is 0.338 e. The van der Waals surface area contributed by atoms with Crippen LogP contribution in [0.4, 0.5) is 10.6 Å². The molecule has 1 saturated carbocycles. The molecule has 2 fully saturated rings. The van der Waals surface area contributed by atoms with E-state index in [2.05, 4.69) is 28.3 Å². The number of piperazine rings is 1. The van der Waals surface area contributed by atoms with Crippen molar-refractivity contribution in [1.29, 1.82) is 0 Å². The lowest BCUT2D eigenvalue weighted by atomic mass is 9.88. The molecule has 39 heavy (non-hydrogen) atoms. The maximum absolute atomic E-state index is 12.8. The lowest BCUT2D eigenvalue weighted by Crippen LogP contribution is -2.58. The Balaban J connectivity index is 0.00000420. The maximum Gasteiger partial charge on any atom is 0.353 e. The van der Waals surface area contributed by atoms with Crippen molar-refractivity contribution in [2.24, 2.45) is 17.4 Å². The van der Waals surface area contributed by atoms with Gasteiger partial charge in [-0.25, -0.2) is 9.59 Å². The molecule has 5 N–H and O–H groups in total. The third-order valence-electron chi connectivity index (χ3n) is 8.16. The third-order valence-corrected chi connectivity index (χ3v) is 8.16. The number of urea groups is 1. The molecule has 1 atom stereocenters. The minimum Gasteiger partial charge on any atom is -0.338 e. The molecule has 12 heteroatoms. The third kappa shape index (κ3) is 8.03. The van der Waals surface area contributed by atoms with Gasteiger partial charge >= 0.3 is 11.7 Å². The molecule has 0 aromatic carbocycles. The van der Waals surface area contributed by atoms with Crippen LogP contribution in [0.3, 0.4) is 0 Å². The van der Waals surface area contributed by atoms with Crippen LogP contribution in [-0.4, -0.2) is 93.6 Å². The largest absolute Gasteiger partial charge is 0.353 e. The number of amides is 3. The predicted molar refractivity (Wildman–Crippen MR) is 156 cm³/mol. The number of carbonyl (C=O) groups is 2. The van der Waals surface area contributed by atoms with E-state index in [1.165, 1.54) is 12.8 Å². The highest BCUT2D eigenvalue weighted by Crippen LogP contribution is 2.28. The molecule has 2 aliphatic carbocycles. The molecule has 1 aromatic heterocycles. The zero-order chi connectivity index (χ0) is 27.4. The summed E-state index contributed by atoms with van der Waals surface area (Å²) < 4.78 is 1.58. The summed E-state index contributed by atoms with van der Waals surface area (Å²) in [6.45, 7) is 6.04. The molecule has 11 nitrogen and oxygen atoms in total. The van der Waals surface area contributed by atoms with E-state index in [0.29, 0.717) is 44.2 Å². The van der Waals surface area contributed by atoms with Crippen LogP contribution in [0.25, 0.3) is 5.70 Å². The zero-order valence-corrected chi connectivity index (χ0v) is 24.3. The second-order valence-corrected chi connectivity index (χ2v) is 11.7. The number of hydrogen-bond acceptors (Lipinski definition) is 7. The van der Waals surface area contributed by atoms with Crippen LogP contribution < -0.4 is 22.5 Å². The molecule has 2 heterocycles. The molecule has 4 rings (SSSR count). The molecule has 0 bridgehead atoms. The van der Waals surface area contributed by atoms with Gasteiger partial charge in [-0.15, -0.1) is 12.4 Å². The predicted octanol–water partition coefficient (Wildman–Crippen LogP) is 1.92. The number of nitrogens with two attached hydrogens (primary N) is 2. The first-order chi connectivity index (χ1) is 18.0. The van der Waals surface area contributed by atoms with Gasteiger partial charge in [-0.3, -0.25) is 14.7 Å². The van der Waals surface area contributed by atoms with Crippen molar-refractivity contribution in [1.82, 2.24) is 24.3 Å². The van der Waals surface area contributed by atoms with Crippen LogP contribution in [0.2, 0.25) is 0 Å². The van der Waals surface area contributed by atoms with E-state index in [1.807, 2.05) is 0 Å². The average molecular weight is 565 g/mol. The van der Waals surface area contributed by atoms with E-state index < -0.39 is 11.2 Å². The highest BCUT2D eigenvalue weighted by Gasteiger charge is 2.31. The maximum atomic E-state index is 12.8. The zero-order valence-electron chi connectivity index (χ0n) is 23.5. The van der Waals surface area contributed by atoms with Crippen LogP contribution in [0.1, 0.15) is 58.8 Å². The number of halogens is 1. The van der Waals surface area contributed by atoms with Crippen LogP contribution in [0.5, 0.6) is 0 Å². The monoisotopic (exact) mass is 564 g/mol. The quantitative estimate of drug-likeness (QED) is 0.479. The molecule has 3 aliphatic rings. The summed E-state index contributed by atoms with van der Waals surface area (Å²) in [6.07, 6.45) is 11.2. The number of nitrogens with zero attached hydrogens (tertiary/aromatic N) is 5. The van der Waals surface area contributed by atoms with Crippen molar-refractivity contribution in [3.63, 3.8) is 0 Å². The Bertz CT molecular complexity index is 1090. The second-order valence-electron chi connectivity index (χ2n) is 11.7. The first-order valence-electron chi connectivity index (χ1n) is 13.9. The second kappa shape index (κ2) is 13.3. The van der Waals surface area contributed by atoms with Gasteiger partial charge in [0.15, 0.2) is 0 Å². The van der Waals surface area contributed by atoms with E-state index in [1.54, 1.807) is 40.5 Å². The Morgan fingerprint density at radius 3 is 2.31 bits per heavy atom. The van der Waals surface area contributed by atoms with Gasteiger partial charge in [0.1, 0.15) is 5.82 Å². The first kappa shape index (κ1) is 31.1. The SMILES string of the molecule is CN(CC1CC=C(n2ccc(NC(=O)N3CCN(C(=O)C(C)(C)N)CC3)nc2=O)CC1)C1CCC(N)CC1.Cl. The minimum atomic E-state index is -0.937. The van der Waals surface area contributed by atoms with Crippen molar-refractivity contribution >= 4 is 35.9 Å². The Morgan fingerprint density at radius 2 is 1.74 bits per heavy atom. The minimum absolute atomic E-state index is 0. The van der Waals surface area contributed by atoms with Crippen LogP contribution >= 0.6 is 12.4 Å². The molecular formula is C27H45ClN8O3. The molecule has 0 spiro atoms. The molecule has 1 saturated heterocycles. The molecule has 0 radical (unpaired) electrons. The van der Waals surface area contributed by atoms with Gasteiger partial charge in [0.05, 0.1) is 5.54 Å². The number of nitrogens with one attached hydrogen (secondary N) is 1. The van der Waals surface area contributed by atoms with Crippen LogP contribution in [0.15, 0.2) is 23.1 Å². The van der Waals surface area contributed by atoms with Gasteiger partial charge in [0, 0.05) is 56.7 Å². The van der Waals surface area contributed by atoms with E-state index in [9.17, 15) is 14.4 Å². The number of rotatable bonds is 6. The number of carbonyl (C=O) groups excluding carboxylic acids is 2. The first-order valence-corrected chi connectivity index (χ1v) is 13.9. The molecule has 1 aromatic rings. The summed E-state index contributed by atoms with van der Waals surface area (Å²) >= 11 is 0. The van der Waals surface area contributed by atoms with E-state index in [-0.39, 0.29) is 30.2 Å². The van der Waals surface area contributed by atoms with Crippen molar-refractivity contribution in [2.75, 3.05) is 45.1 Å². The molecular weight excluding hydrogens is 520 g/mol. The molecule has 1 aliphatic heterocycles. The van der Waals surface area contributed by atoms with Gasteiger partial charge < -0.3 is 26.2 Å². The molecule has 1 unspecified atom stereocenters. The lowest BCUT2D eigenvalue weighted by Gasteiger charge is -2.37. The van der Waals surface area contributed by atoms with Crippen molar-refractivity contribution in [2.45, 2.75) is 76.4 Å². The fourth-order valence-corrected chi connectivity index (χ4v) is 5.76. The summed E-state index contributed by atoms with van der Waals surface area (Å²) in [7, 11) is 2.22. The Hall–Kier alpha value is -2.47. The summed E-state index contributed by atoms with van der Waals surface area (Å²) in [5.41, 5.74) is 11.6. The summed E-state index contributed by atoms with van der Waals surface area (Å²) in [5, 5.41) is 2.72. The average Bonchev–Trinajstić information content (AvgIpc) is 2.89. The van der Waals surface area contributed by atoms with E-state index in [0.717, 1.165) is 44.3 Å². The molecule has 3 amide bonds. The van der Waals surface area contributed by atoms with Crippen LogP contribution in [-0.2, 0) is 4.79 Å². The van der Waals surface area contributed by atoms with Crippen molar-refractivity contribution in [3.05, 3.63) is 28.8 Å². The van der Waals surface area contributed by atoms with Gasteiger partial charge in [0.2, 0.25) is 5.91 Å². The van der Waals surface area contributed by atoms with Crippen molar-refractivity contribution < 1.29 is 9.59 Å². The summed E-state index contributed by atoms with van der Waals surface area (Å²) in [4.78, 5) is 47.7. The highest BCUT2D eigenvalue weighted by atomic mass is 35.5. The summed E-state index contributed by atoms with van der Waals surface area (Å²) in [5.74, 6) is 0.668. The Labute approximate surface area is 237 Å². The number of hydrogen-bond donors (Lipinski definition) is 3. The normalized spacial score (nSPS) is 24.2. The van der Waals surface area contributed by atoms with Gasteiger partial charge in [-0.1, -0.05) is 6.08 Å². The standard InChI is InChI=1S/C27H44N8O3.ClH/c1-27(2,29)24(36)33-14-16-34(17-15-33)25(37)30-23-12-13-35(26(38)31-23)22-8-4-19(5-9-22)18-32(3)21-10-6-20(28)7-11-21;/h8,12-13,19-21H,4-7,9-11,14-18,28-29H2,1-3H3,(H,30,31,37,38);1H. The molecule has 218 valence electrons. The topological polar surface area (TPSA) is 143 Å². The number of aromatic nitrogens is 2. The fourth-order valence-electron chi connectivity index (χ4n) is 5.76. The Kier molecular flexibility index (Phi) is 10.6. The van der Waals surface area contributed by atoms with Gasteiger partial charge in [0.25, 0.3) is 0 Å². The summed E-state index contributed by atoms with van der Waals surface area (Å²) in [6, 6.07) is 2.31. The number of allylic oxidation sites excluding steroid dienone is 2. The van der Waals surface area contributed by atoms with Gasteiger partial charge in [-0.2, -0.15) is 4.98 Å². The highest BCUT2D eigenvalue weighted by molar-refractivity contribution is 5.89. The van der Waals surface area contributed by atoms with E-state index in [4.69, 9.17) is 11.5 Å². The van der Waals surface area contributed by atoms with Crippen LogP contribution in [0, 0.1) is 5.92 Å².